The van der Waals surface area contributed by atoms with E-state index in [0.717, 1.165) is 0 Å². The van der Waals surface area contributed by atoms with Gasteiger partial charge in [-0.3, -0.25) is 0 Å². The highest BCUT2D eigenvalue weighted by Crippen LogP contribution is 2.32. The van der Waals surface area contributed by atoms with Crippen LogP contribution < -0.4 is 0 Å². The molecule has 0 saturated carbocycles. The number of ether oxygens (including phenoxy) is 5. The van der Waals surface area contributed by atoms with E-state index >= 15 is 0 Å². The van der Waals surface area contributed by atoms with E-state index in [1.807, 2.05) is 0 Å². The molecule has 3 aliphatic rings. The van der Waals surface area contributed by atoms with Crippen LogP contribution in [-0.4, -0.2) is 168 Å². The molecule has 3 rings (SSSR count). The molecular weight excluding hydrogens is 472 g/mol. The molecule has 16 heteroatoms. The summed E-state index contributed by atoms with van der Waals surface area (Å²) in [5.41, 5.74) is 0. The van der Waals surface area contributed by atoms with E-state index in [2.05, 4.69) is 0 Å². The highest BCUT2D eigenvalue weighted by Gasteiger charge is 2.53. The third kappa shape index (κ3) is 5.37. The molecule has 0 spiro atoms. The van der Waals surface area contributed by atoms with Gasteiger partial charge in [0.25, 0.3) is 0 Å². The number of rotatable bonds is 7. The van der Waals surface area contributed by atoms with Gasteiger partial charge in [-0.1, -0.05) is 0 Å². The van der Waals surface area contributed by atoms with Gasteiger partial charge in [-0.15, -0.1) is 0 Å². The van der Waals surface area contributed by atoms with E-state index in [4.69, 9.17) is 23.7 Å². The molecule has 0 aromatic heterocycles. The number of aliphatic hydroxyl groups is 11. The first-order chi connectivity index (χ1) is 16.0. The topological polar surface area (TPSA) is 269 Å². The van der Waals surface area contributed by atoms with Crippen molar-refractivity contribution in [3.05, 3.63) is 0 Å². The van der Waals surface area contributed by atoms with Gasteiger partial charge in [0.05, 0.1) is 19.8 Å². The van der Waals surface area contributed by atoms with Crippen molar-refractivity contribution in [1.29, 1.82) is 0 Å². The molecule has 3 heterocycles. The smallest absolute Gasteiger partial charge is 0.187 e. The second kappa shape index (κ2) is 11.6. The Morgan fingerprint density at radius 1 is 0.441 bits per heavy atom. The summed E-state index contributed by atoms with van der Waals surface area (Å²) in [4.78, 5) is 0. The largest absolute Gasteiger partial charge is 0.394 e. The van der Waals surface area contributed by atoms with Crippen LogP contribution in [0.1, 0.15) is 0 Å². The summed E-state index contributed by atoms with van der Waals surface area (Å²) in [5.74, 6) is 0. The summed E-state index contributed by atoms with van der Waals surface area (Å²) >= 11 is 0. The van der Waals surface area contributed by atoms with E-state index in [0.29, 0.717) is 0 Å². The normalized spacial score (nSPS) is 52.5. The van der Waals surface area contributed by atoms with Crippen LogP contribution in [0.5, 0.6) is 0 Å². The Kier molecular flexibility index (Phi) is 9.54. The average Bonchev–Trinajstić information content (AvgIpc) is 2.83. The van der Waals surface area contributed by atoms with Crippen molar-refractivity contribution >= 4 is 0 Å². The van der Waals surface area contributed by atoms with E-state index < -0.39 is 112 Å². The average molecular weight is 504 g/mol. The molecule has 16 nitrogen and oxygen atoms in total. The lowest BCUT2D eigenvalue weighted by molar-refractivity contribution is -0.378. The van der Waals surface area contributed by atoms with Crippen LogP contribution in [0.15, 0.2) is 0 Å². The molecule has 0 aromatic carbocycles. The van der Waals surface area contributed by atoms with E-state index in [9.17, 15) is 56.2 Å². The predicted octanol–water partition coefficient (Wildman–Crippen LogP) is -7.57. The lowest BCUT2D eigenvalue weighted by Gasteiger charge is -2.47. The quantitative estimate of drug-likeness (QED) is 0.154. The molecule has 0 radical (unpaired) electrons. The minimum absolute atomic E-state index is 0.759. The maximum absolute atomic E-state index is 10.8. The molecule has 3 fully saturated rings. The fourth-order valence-corrected chi connectivity index (χ4v) is 4.05. The van der Waals surface area contributed by atoms with Gasteiger partial charge in [0, 0.05) is 0 Å². The molecule has 0 aromatic rings. The van der Waals surface area contributed by atoms with Gasteiger partial charge in [0.1, 0.15) is 73.2 Å². The molecule has 3 aliphatic heterocycles. The summed E-state index contributed by atoms with van der Waals surface area (Å²) < 4.78 is 26.4. The maximum Gasteiger partial charge on any atom is 0.187 e. The SMILES string of the molecule is OC[C@H]1O[C@@H](O[C@@H]2[C@@H](O)[C@H](O[C@@H]3[C@H](O)[C@@H](O)[C@H](O)O[C@@H]3CO)O[C@H](CO)[C@H]2O)[C@H](O)[C@@H](O)[C@H]1O. The van der Waals surface area contributed by atoms with Gasteiger partial charge >= 0.3 is 0 Å². The summed E-state index contributed by atoms with van der Waals surface area (Å²) in [6.07, 6.45) is -25.4. The Morgan fingerprint density at radius 3 is 1.50 bits per heavy atom. The molecule has 0 unspecified atom stereocenters. The summed E-state index contributed by atoms with van der Waals surface area (Å²) in [6.45, 7) is -2.34. The van der Waals surface area contributed by atoms with Crippen molar-refractivity contribution in [2.75, 3.05) is 19.8 Å². The van der Waals surface area contributed by atoms with Gasteiger partial charge in [-0.05, 0) is 0 Å². The molecule has 0 amide bonds. The monoisotopic (exact) mass is 504 g/mol. The van der Waals surface area contributed by atoms with Gasteiger partial charge < -0.3 is 79.9 Å². The third-order valence-electron chi connectivity index (χ3n) is 6.09. The molecule has 15 atom stereocenters. The van der Waals surface area contributed by atoms with Crippen molar-refractivity contribution in [2.45, 2.75) is 92.1 Å². The number of aliphatic hydroxyl groups excluding tert-OH is 11. The fourth-order valence-electron chi connectivity index (χ4n) is 4.05. The first-order valence-corrected chi connectivity index (χ1v) is 10.6. The van der Waals surface area contributed by atoms with Crippen molar-refractivity contribution in [3.63, 3.8) is 0 Å². The fraction of sp³-hybridized carbons (Fsp3) is 1.00. The van der Waals surface area contributed by atoms with Crippen LogP contribution in [0.2, 0.25) is 0 Å². The Morgan fingerprint density at radius 2 is 0.941 bits per heavy atom. The Balaban J connectivity index is 1.78. The van der Waals surface area contributed by atoms with Crippen LogP contribution in [0.3, 0.4) is 0 Å². The van der Waals surface area contributed by atoms with Crippen molar-refractivity contribution < 1.29 is 79.9 Å². The summed E-state index contributed by atoms with van der Waals surface area (Å²) in [5, 5.41) is 109. The minimum Gasteiger partial charge on any atom is -0.394 e. The van der Waals surface area contributed by atoms with Crippen LogP contribution in [-0.2, 0) is 23.7 Å². The second-order valence-corrected chi connectivity index (χ2v) is 8.33. The highest BCUT2D eigenvalue weighted by atomic mass is 16.7. The first kappa shape index (κ1) is 27.9. The first-order valence-electron chi connectivity index (χ1n) is 10.6. The molecule has 11 N–H and O–H groups in total. The van der Waals surface area contributed by atoms with Crippen LogP contribution >= 0.6 is 0 Å². The molecule has 34 heavy (non-hydrogen) atoms. The Bertz CT molecular complexity index is 637. The van der Waals surface area contributed by atoms with Crippen LogP contribution in [0.25, 0.3) is 0 Å². The zero-order valence-electron chi connectivity index (χ0n) is 17.7. The van der Waals surface area contributed by atoms with Gasteiger partial charge in [-0.25, -0.2) is 0 Å². The van der Waals surface area contributed by atoms with Gasteiger partial charge in [-0.2, -0.15) is 0 Å². The Hall–Kier alpha value is -0.640. The van der Waals surface area contributed by atoms with Crippen molar-refractivity contribution in [2.24, 2.45) is 0 Å². The van der Waals surface area contributed by atoms with E-state index in [-0.39, 0.29) is 0 Å². The lowest BCUT2D eigenvalue weighted by atomic mass is 9.96. The van der Waals surface area contributed by atoms with Crippen molar-refractivity contribution in [3.8, 4) is 0 Å². The second-order valence-electron chi connectivity index (χ2n) is 8.33. The molecular formula is C18H32O16. The molecule has 0 bridgehead atoms. The molecule has 200 valence electrons. The summed E-state index contributed by atoms with van der Waals surface area (Å²) in [7, 11) is 0. The molecule has 0 aliphatic carbocycles. The zero-order chi connectivity index (χ0) is 25.3. The maximum atomic E-state index is 10.8. The van der Waals surface area contributed by atoms with Gasteiger partial charge in [0.2, 0.25) is 0 Å². The predicted molar refractivity (Wildman–Crippen MR) is 101 cm³/mol. The molecule has 3 saturated heterocycles. The number of hydrogen-bond acceptors (Lipinski definition) is 16. The van der Waals surface area contributed by atoms with E-state index in [1.54, 1.807) is 0 Å². The van der Waals surface area contributed by atoms with Gasteiger partial charge in [0.15, 0.2) is 18.9 Å². The lowest BCUT2D eigenvalue weighted by Crippen LogP contribution is -2.66. The zero-order valence-corrected chi connectivity index (χ0v) is 17.7. The summed E-state index contributed by atoms with van der Waals surface area (Å²) in [6, 6.07) is 0. The van der Waals surface area contributed by atoms with Crippen LogP contribution in [0, 0.1) is 0 Å². The number of hydrogen-bond donors (Lipinski definition) is 11. The third-order valence-corrected chi connectivity index (χ3v) is 6.09. The van der Waals surface area contributed by atoms with Crippen LogP contribution in [0.4, 0.5) is 0 Å². The minimum atomic E-state index is -1.90. The highest BCUT2D eigenvalue weighted by molar-refractivity contribution is 4.96. The van der Waals surface area contributed by atoms with E-state index in [1.165, 1.54) is 0 Å². The van der Waals surface area contributed by atoms with Crippen molar-refractivity contribution in [1.82, 2.24) is 0 Å². The standard InChI is InChI=1S/C18H32O16/c19-1-4-7(22)9(24)12(27)17(31-4)34-15-8(23)5(2-20)32-18(13(15)28)33-14-6(3-21)30-16(29)11(26)10(14)25/h4-29H,1-3H2/t4-,5-,6-,7+,8-,9+,10-,11-,12-,13-,14+,15+,16-,17+,18+/m1/s1. The Labute approximate surface area is 192 Å².